The van der Waals surface area contributed by atoms with Gasteiger partial charge in [0.25, 0.3) is 0 Å². The van der Waals surface area contributed by atoms with Crippen molar-refractivity contribution in [3.63, 3.8) is 0 Å². The molecule has 0 saturated carbocycles. The summed E-state index contributed by atoms with van der Waals surface area (Å²) in [5.74, 6) is 0.408. The van der Waals surface area contributed by atoms with Crippen LogP contribution in [0, 0.1) is 0 Å². The lowest BCUT2D eigenvalue weighted by Crippen LogP contribution is -1.93. The van der Waals surface area contributed by atoms with Gasteiger partial charge in [0, 0.05) is 16.5 Å². The van der Waals surface area contributed by atoms with Crippen LogP contribution in [0.25, 0.3) is 10.8 Å². The molecular formula is C9H7N2O2S-. The molecule has 0 radical (unpaired) electrons. The Morgan fingerprint density at radius 2 is 2.14 bits per heavy atom. The fraction of sp³-hybridized carbons (Fsp3) is 0. The third-order valence-corrected chi connectivity index (χ3v) is 2.60. The van der Waals surface area contributed by atoms with Crippen LogP contribution in [0.3, 0.4) is 0 Å². The molecule has 0 amide bonds. The second-order valence-corrected chi connectivity index (χ2v) is 3.75. The van der Waals surface area contributed by atoms with Gasteiger partial charge in [0.15, 0.2) is 0 Å². The second-order valence-electron chi connectivity index (χ2n) is 2.81. The van der Waals surface area contributed by atoms with Crippen LogP contribution in [0.4, 0.5) is 5.82 Å². The Balaban J connectivity index is 2.73. The molecule has 5 heteroatoms. The summed E-state index contributed by atoms with van der Waals surface area (Å²) < 4.78 is 21.4. The minimum atomic E-state index is -2.20. The van der Waals surface area contributed by atoms with Gasteiger partial charge in [0.05, 0.1) is 0 Å². The summed E-state index contributed by atoms with van der Waals surface area (Å²) in [4.78, 5) is 4.16. The minimum Gasteiger partial charge on any atom is -0.768 e. The van der Waals surface area contributed by atoms with Gasteiger partial charge in [-0.25, -0.2) is 4.98 Å². The van der Waals surface area contributed by atoms with Crippen molar-refractivity contribution in [3.05, 3.63) is 30.5 Å². The molecule has 72 valence electrons. The normalized spacial score (nSPS) is 12.9. The highest BCUT2D eigenvalue weighted by Gasteiger charge is 1.99. The van der Waals surface area contributed by atoms with Crippen molar-refractivity contribution >= 4 is 27.7 Å². The topological polar surface area (TPSA) is 79.0 Å². The van der Waals surface area contributed by atoms with Crippen molar-refractivity contribution in [2.45, 2.75) is 4.90 Å². The number of nitrogens with zero attached hydrogens (tertiary/aromatic N) is 1. The van der Waals surface area contributed by atoms with E-state index in [1.165, 1.54) is 6.07 Å². The molecule has 2 N–H and O–H groups in total. The van der Waals surface area contributed by atoms with E-state index in [1.54, 1.807) is 24.4 Å². The van der Waals surface area contributed by atoms with E-state index >= 15 is 0 Å². The summed E-state index contributed by atoms with van der Waals surface area (Å²) in [5.41, 5.74) is 5.62. The average Bonchev–Trinajstić information content (AvgIpc) is 2.17. The molecule has 0 spiro atoms. The van der Waals surface area contributed by atoms with E-state index in [9.17, 15) is 8.76 Å². The van der Waals surface area contributed by atoms with Gasteiger partial charge in [-0.2, -0.15) is 0 Å². The Kier molecular flexibility index (Phi) is 2.18. The predicted molar refractivity (Wildman–Crippen MR) is 53.3 cm³/mol. The van der Waals surface area contributed by atoms with Crippen molar-refractivity contribution in [2.75, 3.05) is 5.73 Å². The lowest BCUT2D eigenvalue weighted by Gasteiger charge is -2.06. The Bertz CT molecular complexity index is 513. The highest BCUT2D eigenvalue weighted by atomic mass is 32.2. The van der Waals surface area contributed by atoms with Crippen LogP contribution in [0.1, 0.15) is 0 Å². The van der Waals surface area contributed by atoms with Gasteiger partial charge in [-0.3, -0.25) is 4.21 Å². The number of aromatic nitrogens is 1. The lowest BCUT2D eigenvalue weighted by molar-refractivity contribution is 0.537. The number of hydrogen-bond donors (Lipinski definition) is 1. The highest BCUT2D eigenvalue weighted by molar-refractivity contribution is 7.79. The smallest absolute Gasteiger partial charge is 0.131 e. The summed E-state index contributed by atoms with van der Waals surface area (Å²) in [6, 6.07) is 6.45. The summed E-state index contributed by atoms with van der Waals surface area (Å²) in [5, 5.41) is 1.54. The maximum Gasteiger partial charge on any atom is 0.131 e. The van der Waals surface area contributed by atoms with Crippen molar-refractivity contribution < 1.29 is 8.76 Å². The van der Waals surface area contributed by atoms with Crippen molar-refractivity contribution in [1.29, 1.82) is 0 Å². The molecule has 1 heterocycles. The van der Waals surface area contributed by atoms with Gasteiger partial charge in [-0.15, -0.1) is 0 Å². The van der Waals surface area contributed by atoms with E-state index in [1.807, 2.05) is 0 Å². The van der Waals surface area contributed by atoms with Crippen molar-refractivity contribution in [3.8, 4) is 0 Å². The van der Waals surface area contributed by atoms with Crippen LogP contribution < -0.4 is 5.73 Å². The van der Waals surface area contributed by atoms with Crippen molar-refractivity contribution in [1.82, 2.24) is 4.98 Å². The third kappa shape index (κ3) is 1.47. The van der Waals surface area contributed by atoms with Gasteiger partial charge in [0.2, 0.25) is 0 Å². The fourth-order valence-electron chi connectivity index (χ4n) is 1.28. The Morgan fingerprint density at radius 1 is 1.36 bits per heavy atom. The molecule has 0 bridgehead atoms. The number of pyridine rings is 1. The molecule has 0 aliphatic rings. The average molecular weight is 207 g/mol. The Labute approximate surface area is 83.1 Å². The van der Waals surface area contributed by atoms with Crippen LogP contribution in [0.2, 0.25) is 0 Å². The first kappa shape index (κ1) is 9.11. The zero-order valence-corrected chi connectivity index (χ0v) is 7.95. The summed E-state index contributed by atoms with van der Waals surface area (Å²) in [7, 11) is 0. The molecule has 14 heavy (non-hydrogen) atoms. The molecule has 1 aromatic heterocycles. The molecule has 0 saturated heterocycles. The number of nitrogen functional groups attached to an aromatic ring is 1. The first-order chi connectivity index (χ1) is 6.68. The van der Waals surface area contributed by atoms with E-state index in [4.69, 9.17) is 5.73 Å². The van der Waals surface area contributed by atoms with E-state index in [-0.39, 0.29) is 4.90 Å². The van der Waals surface area contributed by atoms with Crippen LogP contribution in [-0.2, 0) is 11.1 Å². The van der Waals surface area contributed by atoms with E-state index < -0.39 is 11.1 Å². The maximum atomic E-state index is 10.7. The first-order valence-electron chi connectivity index (χ1n) is 3.92. The van der Waals surface area contributed by atoms with Gasteiger partial charge in [-0.05, 0) is 40.7 Å². The third-order valence-electron chi connectivity index (χ3n) is 1.96. The molecule has 2 rings (SSSR count). The monoisotopic (exact) mass is 207 g/mol. The molecule has 0 aliphatic heterocycles. The SMILES string of the molecule is Nc1nccc2cc(S(=O)[O-])ccc12. The van der Waals surface area contributed by atoms with Gasteiger partial charge >= 0.3 is 0 Å². The van der Waals surface area contributed by atoms with Crippen LogP contribution in [0.5, 0.6) is 0 Å². The van der Waals surface area contributed by atoms with Crippen LogP contribution in [-0.4, -0.2) is 13.7 Å². The fourth-order valence-corrected chi connectivity index (χ4v) is 1.69. The zero-order chi connectivity index (χ0) is 10.1. The number of fused-ring (bicyclic) bond motifs is 1. The molecule has 1 unspecified atom stereocenters. The zero-order valence-electron chi connectivity index (χ0n) is 7.14. The summed E-state index contributed by atoms with van der Waals surface area (Å²) in [6.07, 6.45) is 1.55. The summed E-state index contributed by atoms with van der Waals surface area (Å²) in [6.45, 7) is 0. The van der Waals surface area contributed by atoms with Crippen LogP contribution >= 0.6 is 0 Å². The molecule has 4 nitrogen and oxygen atoms in total. The summed E-state index contributed by atoms with van der Waals surface area (Å²) >= 11 is -2.20. The number of anilines is 1. The van der Waals surface area contributed by atoms with E-state index in [2.05, 4.69) is 4.98 Å². The predicted octanol–water partition coefficient (Wildman–Crippen LogP) is 1.06. The number of rotatable bonds is 1. The number of benzene rings is 1. The standard InChI is InChI=1S/C9H8N2O2S/c10-9-8-2-1-7(14(12)13)5-6(8)3-4-11-9/h1-5H,(H2,10,11)(H,12,13)/p-1. The van der Waals surface area contributed by atoms with E-state index in [0.29, 0.717) is 5.82 Å². The molecule has 0 fully saturated rings. The van der Waals surface area contributed by atoms with Gasteiger partial charge in [-0.1, -0.05) is 0 Å². The number of hydrogen-bond acceptors (Lipinski definition) is 4. The molecule has 1 atom stereocenters. The molecular weight excluding hydrogens is 200 g/mol. The van der Waals surface area contributed by atoms with E-state index in [0.717, 1.165) is 10.8 Å². The Morgan fingerprint density at radius 3 is 2.86 bits per heavy atom. The second kappa shape index (κ2) is 3.36. The van der Waals surface area contributed by atoms with Crippen molar-refractivity contribution in [2.24, 2.45) is 0 Å². The van der Waals surface area contributed by atoms with Gasteiger partial charge in [0.1, 0.15) is 5.82 Å². The minimum absolute atomic E-state index is 0.253. The Hall–Kier alpha value is -1.46. The molecule has 1 aromatic carbocycles. The quantitative estimate of drug-likeness (QED) is 0.709. The first-order valence-corrected chi connectivity index (χ1v) is 4.99. The van der Waals surface area contributed by atoms with Gasteiger partial charge < -0.3 is 10.3 Å². The largest absolute Gasteiger partial charge is 0.768 e. The van der Waals surface area contributed by atoms with Crippen LogP contribution in [0.15, 0.2) is 35.4 Å². The molecule has 0 aliphatic carbocycles. The lowest BCUT2D eigenvalue weighted by atomic mass is 10.2. The maximum absolute atomic E-state index is 10.7. The molecule has 2 aromatic rings. The number of nitrogens with two attached hydrogens (primary N) is 1. The highest BCUT2D eigenvalue weighted by Crippen LogP contribution is 2.20.